The fourth-order valence-electron chi connectivity index (χ4n) is 2.53. The predicted molar refractivity (Wildman–Crippen MR) is 105 cm³/mol. The third-order valence-electron chi connectivity index (χ3n) is 4.35. The van der Waals surface area contributed by atoms with E-state index in [1.807, 2.05) is 32.0 Å². The maximum Gasteiger partial charge on any atom is 0.255 e. The van der Waals surface area contributed by atoms with E-state index in [1.165, 1.54) is 24.3 Å². The van der Waals surface area contributed by atoms with Gasteiger partial charge in [0.2, 0.25) is 10.0 Å². The standard InChI is InChI=1S/C20H26N2O3S/c1-4-5-6-14-21-26(24,25)18-12-10-17(11-13-18)20(23)22-19-9-7-8-15(2)16(19)3/h7-13,21H,4-6,14H2,1-3H3,(H,22,23). The number of hydrogen-bond acceptors (Lipinski definition) is 3. The molecule has 5 nitrogen and oxygen atoms in total. The largest absolute Gasteiger partial charge is 0.322 e. The van der Waals surface area contributed by atoms with Gasteiger partial charge in [-0.05, 0) is 61.7 Å². The monoisotopic (exact) mass is 374 g/mol. The minimum atomic E-state index is -3.54. The van der Waals surface area contributed by atoms with E-state index in [2.05, 4.69) is 17.0 Å². The molecule has 0 saturated heterocycles. The third kappa shape index (κ3) is 5.16. The Bertz CT molecular complexity index is 859. The topological polar surface area (TPSA) is 75.3 Å². The van der Waals surface area contributed by atoms with Crippen LogP contribution in [0.2, 0.25) is 0 Å². The quantitative estimate of drug-likeness (QED) is 0.685. The van der Waals surface area contributed by atoms with E-state index < -0.39 is 10.0 Å². The van der Waals surface area contributed by atoms with Crippen molar-refractivity contribution in [3.8, 4) is 0 Å². The first-order chi connectivity index (χ1) is 12.3. The number of nitrogens with one attached hydrogen (secondary N) is 2. The van der Waals surface area contributed by atoms with Crippen LogP contribution in [0, 0.1) is 13.8 Å². The Hall–Kier alpha value is -2.18. The number of hydrogen-bond donors (Lipinski definition) is 2. The lowest BCUT2D eigenvalue weighted by Gasteiger charge is -2.11. The molecule has 0 fully saturated rings. The zero-order valence-corrected chi connectivity index (χ0v) is 16.3. The summed E-state index contributed by atoms with van der Waals surface area (Å²) in [7, 11) is -3.54. The Balaban J connectivity index is 2.06. The van der Waals surface area contributed by atoms with Crippen molar-refractivity contribution in [1.29, 1.82) is 0 Å². The van der Waals surface area contributed by atoms with E-state index >= 15 is 0 Å². The van der Waals surface area contributed by atoms with Crippen LogP contribution in [0.15, 0.2) is 47.4 Å². The summed E-state index contributed by atoms with van der Waals surface area (Å²) in [6.45, 7) is 6.42. The molecule has 0 spiro atoms. The number of rotatable bonds is 8. The molecule has 0 aliphatic rings. The van der Waals surface area contributed by atoms with Crippen molar-refractivity contribution in [2.75, 3.05) is 11.9 Å². The summed E-state index contributed by atoms with van der Waals surface area (Å²) in [6, 6.07) is 11.7. The van der Waals surface area contributed by atoms with Gasteiger partial charge in [0.15, 0.2) is 0 Å². The summed E-state index contributed by atoms with van der Waals surface area (Å²) >= 11 is 0. The maximum atomic E-state index is 12.4. The first-order valence-corrected chi connectivity index (χ1v) is 10.3. The summed E-state index contributed by atoms with van der Waals surface area (Å²) in [5.74, 6) is -0.265. The van der Waals surface area contributed by atoms with Gasteiger partial charge in [0.1, 0.15) is 0 Å². The van der Waals surface area contributed by atoms with E-state index in [0.717, 1.165) is 36.1 Å². The summed E-state index contributed by atoms with van der Waals surface area (Å²) in [5.41, 5.74) is 3.27. The molecule has 0 radical (unpaired) electrons. The minimum absolute atomic E-state index is 0.164. The Labute approximate surface area is 155 Å². The number of benzene rings is 2. The highest BCUT2D eigenvalue weighted by Gasteiger charge is 2.15. The molecule has 2 rings (SSSR count). The van der Waals surface area contributed by atoms with Crippen molar-refractivity contribution >= 4 is 21.6 Å². The van der Waals surface area contributed by atoms with Crippen LogP contribution in [0.4, 0.5) is 5.69 Å². The average Bonchev–Trinajstić information content (AvgIpc) is 2.63. The van der Waals surface area contributed by atoms with Crippen LogP contribution in [0.1, 0.15) is 47.7 Å². The molecular weight excluding hydrogens is 348 g/mol. The lowest BCUT2D eigenvalue weighted by molar-refractivity contribution is 0.102. The number of sulfonamides is 1. The Kier molecular flexibility index (Phi) is 6.94. The van der Waals surface area contributed by atoms with Crippen molar-refractivity contribution in [3.05, 3.63) is 59.2 Å². The molecule has 0 unspecified atom stereocenters. The number of carbonyl (C=O) groups is 1. The second-order valence-corrected chi connectivity index (χ2v) is 8.10. The van der Waals surface area contributed by atoms with Gasteiger partial charge in [-0.3, -0.25) is 4.79 Å². The molecule has 0 saturated carbocycles. The van der Waals surface area contributed by atoms with Crippen molar-refractivity contribution in [3.63, 3.8) is 0 Å². The van der Waals surface area contributed by atoms with E-state index in [4.69, 9.17) is 0 Å². The van der Waals surface area contributed by atoms with E-state index in [0.29, 0.717) is 12.1 Å². The number of aryl methyl sites for hydroxylation is 1. The molecule has 140 valence electrons. The summed E-state index contributed by atoms with van der Waals surface area (Å²) in [4.78, 5) is 12.6. The van der Waals surface area contributed by atoms with Gasteiger partial charge in [-0.1, -0.05) is 31.9 Å². The Morgan fingerprint density at radius 2 is 1.69 bits per heavy atom. The maximum absolute atomic E-state index is 12.4. The van der Waals surface area contributed by atoms with Gasteiger partial charge in [0, 0.05) is 17.8 Å². The summed E-state index contributed by atoms with van der Waals surface area (Å²) in [6.07, 6.45) is 2.83. The molecule has 0 aliphatic carbocycles. The lowest BCUT2D eigenvalue weighted by Crippen LogP contribution is -2.24. The van der Waals surface area contributed by atoms with Crippen molar-refractivity contribution in [1.82, 2.24) is 4.72 Å². The van der Waals surface area contributed by atoms with Gasteiger partial charge in [-0.2, -0.15) is 0 Å². The molecule has 2 N–H and O–H groups in total. The van der Waals surface area contributed by atoms with Gasteiger partial charge in [-0.15, -0.1) is 0 Å². The highest BCUT2D eigenvalue weighted by atomic mass is 32.2. The molecular formula is C20H26N2O3S. The molecule has 0 heterocycles. The second-order valence-electron chi connectivity index (χ2n) is 6.33. The average molecular weight is 375 g/mol. The predicted octanol–water partition coefficient (Wildman–Crippen LogP) is 4.02. The van der Waals surface area contributed by atoms with Gasteiger partial charge in [0.05, 0.1) is 4.90 Å². The Morgan fingerprint density at radius 3 is 2.35 bits per heavy atom. The molecule has 2 aromatic rings. The van der Waals surface area contributed by atoms with E-state index in [-0.39, 0.29) is 10.8 Å². The number of unbranched alkanes of at least 4 members (excludes halogenated alkanes) is 2. The van der Waals surface area contributed by atoms with Crippen LogP contribution in [0.3, 0.4) is 0 Å². The molecule has 6 heteroatoms. The van der Waals surface area contributed by atoms with Crippen molar-refractivity contribution < 1.29 is 13.2 Å². The van der Waals surface area contributed by atoms with E-state index in [1.54, 1.807) is 0 Å². The number of anilines is 1. The zero-order chi connectivity index (χ0) is 19.2. The van der Waals surface area contributed by atoms with E-state index in [9.17, 15) is 13.2 Å². The smallest absolute Gasteiger partial charge is 0.255 e. The van der Waals surface area contributed by atoms with Crippen LogP contribution in [0.5, 0.6) is 0 Å². The summed E-state index contributed by atoms with van der Waals surface area (Å²) in [5, 5.41) is 2.87. The van der Waals surface area contributed by atoms with Gasteiger partial charge >= 0.3 is 0 Å². The van der Waals surface area contributed by atoms with Crippen LogP contribution in [0.25, 0.3) is 0 Å². The van der Waals surface area contributed by atoms with Crippen LogP contribution >= 0.6 is 0 Å². The molecule has 1 amide bonds. The van der Waals surface area contributed by atoms with Crippen LogP contribution in [-0.2, 0) is 10.0 Å². The minimum Gasteiger partial charge on any atom is -0.322 e. The normalized spacial score (nSPS) is 11.3. The van der Waals surface area contributed by atoms with Crippen molar-refractivity contribution in [2.45, 2.75) is 44.9 Å². The SMILES string of the molecule is CCCCCNS(=O)(=O)c1ccc(C(=O)Nc2cccc(C)c2C)cc1. The van der Waals surface area contributed by atoms with Gasteiger partial charge in [0.25, 0.3) is 5.91 Å². The molecule has 0 atom stereocenters. The zero-order valence-electron chi connectivity index (χ0n) is 15.5. The van der Waals surface area contributed by atoms with Crippen molar-refractivity contribution in [2.24, 2.45) is 0 Å². The summed E-state index contributed by atoms with van der Waals surface area (Å²) < 4.78 is 27.1. The van der Waals surface area contributed by atoms with Crippen LogP contribution in [-0.4, -0.2) is 20.9 Å². The highest BCUT2D eigenvalue weighted by Crippen LogP contribution is 2.19. The van der Waals surface area contributed by atoms with Gasteiger partial charge in [-0.25, -0.2) is 13.1 Å². The van der Waals surface area contributed by atoms with Gasteiger partial charge < -0.3 is 5.32 Å². The first-order valence-electron chi connectivity index (χ1n) is 8.82. The van der Waals surface area contributed by atoms with Crippen LogP contribution < -0.4 is 10.0 Å². The second kappa shape index (κ2) is 8.96. The number of carbonyl (C=O) groups excluding carboxylic acids is 1. The molecule has 2 aromatic carbocycles. The molecule has 0 aliphatic heterocycles. The fraction of sp³-hybridized carbons (Fsp3) is 0.350. The molecule has 26 heavy (non-hydrogen) atoms. The highest BCUT2D eigenvalue weighted by molar-refractivity contribution is 7.89. The lowest BCUT2D eigenvalue weighted by atomic mass is 10.1. The molecule has 0 bridgehead atoms. The Morgan fingerprint density at radius 1 is 1.00 bits per heavy atom. The fourth-order valence-corrected chi connectivity index (χ4v) is 3.61. The first kappa shape index (κ1) is 20.1. The third-order valence-corrected chi connectivity index (χ3v) is 5.83. The number of amides is 1. The molecule has 0 aromatic heterocycles.